The lowest BCUT2D eigenvalue weighted by Gasteiger charge is -2.04. The maximum Gasteiger partial charge on any atom is 0.0154 e. The highest BCUT2D eigenvalue weighted by atomic mass is 32.2. The van der Waals surface area contributed by atoms with E-state index in [0.717, 1.165) is 6.42 Å². The van der Waals surface area contributed by atoms with E-state index >= 15 is 0 Å². The fourth-order valence-electron chi connectivity index (χ4n) is 2.16. The molecule has 1 aliphatic carbocycles. The Labute approximate surface area is 116 Å². The van der Waals surface area contributed by atoms with Gasteiger partial charge in [-0.25, -0.2) is 0 Å². The van der Waals surface area contributed by atoms with Gasteiger partial charge in [-0.3, -0.25) is 0 Å². The van der Waals surface area contributed by atoms with Crippen molar-refractivity contribution in [3.63, 3.8) is 0 Å². The fraction of sp³-hybridized carbons (Fsp3) is 0.294. The standard InChI is InChI=1S/C15H14S.C2H6.H2/c1-2-6-12-10-11-13-7-4-5-9-15(13)16-14(12)8-3-1;1-2;/h2-9H,1,10-11H2;1-2H3;1H. The second-order valence-corrected chi connectivity index (χ2v) is 5.22. The molecule has 0 saturated heterocycles. The summed E-state index contributed by atoms with van der Waals surface area (Å²) < 4.78 is 0. The molecule has 0 spiro atoms. The quantitative estimate of drug-likeness (QED) is 0.569. The Kier molecular flexibility index (Phi) is 4.89. The predicted molar refractivity (Wildman–Crippen MR) is 84.0 cm³/mol. The molecule has 1 heteroatoms. The summed E-state index contributed by atoms with van der Waals surface area (Å²) in [5.74, 6) is 0. The van der Waals surface area contributed by atoms with Crippen LogP contribution in [0.2, 0.25) is 0 Å². The van der Waals surface area contributed by atoms with E-state index in [1.54, 1.807) is 0 Å². The van der Waals surface area contributed by atoms with Crippen molar-refractivity contribution in [3.05, 3.63) is 64.6 Å². The van der Waals surface area contributed by atoms with Gasteiger partial charge in [0, 0.05) is 11.2 Å². The Morgan fingerprint density at radius 3 is 2.67 bits per heavy atom. The van der Waals surface area contributed by atoms with Crippen LogP contribution in [0.15, 0.2) is 63.9 Å². The highest BCUT2D eigenvalue weighted by Gasteiger charge is 2.13. The van der Waals surface area contributed by atoms with E-state index < -0.39 is 0 Å². The fourth-order valence-corrected chi connectivity index (χ4v) is 3.31. The summed E-state index contributed by atoms with van der Waals surface area (Å²) in [6, 6.07) is 8.76. The van der Waals surface area contributed by atoms with Crippen LogP contribution in [0.1, 0.15) is 33.7 Å². The molecule has 0 amide bonds. The lowest BCUT2D eigenvalue weighted by atomic mass is 10.0. The van der Waals surface area contributed by atoms with Crippen LogP contribution in [0.5, 0.6) is 0 Å². The minimum Gasteiger partial charge on any atom is -0.0895 e. The molecule has 2 aliphatic rings. The van der Waals surface area contributed by atoms with Gasteiger partial charge < -0.3 is 0 Å². The molecule has 1 heterocycles. The zero-order chi connectivity index (χ0) is 12.8. The van der Waals surface area contributed by atoms with E-state index in [1.165, 1.54) is 33.8 Å². The van der Waals surface area contributed by atoms with Gasteiger partial charge in [-0.2, -0.15) is 0 Å². The number of aryl methyl sites for hydroxylation is 1. The van der Waals surface area contributed by atoms with Crippen LogP contribution in [0.25, 0.3) is 0 Å². The molecule has 3 rings (SSSR count). The van der Waals surface area contributed by atoms with Gasteiger partial charge in [-0.1, -0.05) is 68.1 Å². The molecule has 0 radical (unpaired) electrons. The lowest BCUT2D eigenvalue weighted by molar-refractivity contribution is 0.945. The molecule has 0 N–H and O–H groups in total. The van der Waals surface area contributed by atoms with E-state index in [2.05, 4.69) is 48.6 Å². The van der Waals surface area contributed by atoms with Crippen LogP contribution < -0.4 is 0 Å². The first-order chi connectivity index (χ1) is 8.93. The molecule has 0 saturated carbocycles. The summed E-state index contributed by atoms with van der Waals surface area (Å²) in [4.78, 5) is 2.85. The topological polar surface area (TPSA) is 0 Å². The molecule has 1 aromatic rings. The molecule has 0 unspecified atom stereocenters. The summed E-state index contributed by atoms with van der Waals surface area (Å²) in [7, 11) is 0. The summed E-state index contributed by atoms with van der Waals surface area (Å²) in [6.07, 6.45) is 12.5. The Balaban J connectivity index is 0.000000576. The molecule has 0 atom stereocenters. The van der Waals surface area contributed by atoms with Crippen molar-refractivity contribution in [1.82, 2.24) is 0 Å². The first kappa shape index (κ1) is 13.2. The Morgan fingerprint density at radius 1 is 1.00 bits per heavy atom. The third-order valence-corrected chi connectivity index (χ3v) is 4.27. The van der Waals surface area contributed by atoms with Crippen LogP contribution in [-0.2, 0) is 6.42 Å². The van der Waals surface area contributed by atoms with Crippen molar-refractivity contribution in [2.45, 2.75) is 38.0 Å². The second kappa shape index (κ2) is 6.65. The first-order valence-electron chi connectivity index (χ1n) is 6.75. The van der Waals surface area contributed by atoms with Gasteiger partial charge in [-0.05, 0) is 36.5 Å². The number of thioether (sulfide) groups is 1. The second-order valence-electron chi connectivity index (χ2n) is 4.14. The van der Waals surface area contributed by atoms with Crippen molar-refractivity contribution >= 4 is 11.8 Å². The molecule has 18 heavy (non-hydrogen) atoms. The van der Waals surface area contributed by atoms with Crippen molar-refractivity contribution in [2.24, 2.45) is 0 Å². The Hall–Kier alpha value is -1.21. The van der Waals surface area contributed by atoms with E-state index in [9.17, 15) is 0 Å². The smallest absolute Gasteiger partial charge is 0.0154 e. The van der Waals surface area contributed by atoms with Crippen molar-refractivity contribution in [3.8, 4) is 0 Å². The molecule has 0 bridgehead atoms. The normalized spacial score (nSPS) is 17.0. The third kappa shape index (κ3) is 2.97. The molecule has 1 aromatic carbocycles. The maximum atomic E-state index is 2.30. The van der Waals surface area contributed by atoms with Crippen LogP contribution in [0.4, 0.5) is 0 Å². The van der Waals surface area contributed by atoms with E-state index in [4.69, 9.17) is 0 Å². The number of benzene rings is 1. The van der Waals surface area contributed by atoms with Crippen LogP contribution in [0, 0.1) is 0 Å². The zero-order valence-electron chi connectivity index (χ0n) is 11.1. The summed E-state index contributed by atoms with van der Waals surface area (Å²) >= 11 is 1.92. The Morgan fingerprint density at radius 2 is 1.78 bits per heavy atom. The average molecular weight is 258 g/mol. The van der Waals surface area contributed by atoms with Gasteiger partial charge in [0.05, 0.1) is 0 Å². The molecule has 0 aromatic heterocycles. The maximum absolute atomic E-state index is 2.30. The average Bonchev–Trinajstić information content (AvgIpc) is 2.74. The van der Waals surface area contributed by atoms with Gasteiger partial charge in [-0.15, -0.1) is 0 Å². The number of allylic oxidation sites excluding steroid dienone is 5. The number of fused-ring (bicyclic) bond motifs is 1. The van der Waals surface area contributed by atoms with E-state index in [1.807, 2.05) is 25.6 Å². The van der Waals surface area contributed by atoms with E-state index in [-0.39, 0.29) is 1.43 Å². The minimum atomic E-state index is 0. The lowest BCUT2D eigenvalue weighted by Crippen LogP contribution is -1.86. The molecular weight excluding hydrogens is 236 g/mol. The highest BCUT2D eigenvalue weighted by molar-refractivity contribution is 8.03. The van der Waals surface area contributed by atoms with Gasteiger partial charge in [0.1, 0.15) is 0 Å². The summed E-state index contributed by atoms with van der Waals surface area (Å²) in [5, 5.41) is 0. The third-order valence-electron chi connectivity index (χ3n) is 3.03. The zero-order valence-corrected chi connectivity index (χ0v) is 12.0. The van der Waals surface area contributed by atoms with Crippen molar-refractivity contribution < 1.29 is 1.43 Å². The van der Waals surface area contributed by atoms with Gasteiger partial charge in [0.25, 0.3) is 0 Å². The molecule has 1 aliphatic heterocycles. The van der Waals surface area contributed by atoms with Gasteiger partial charge in [0.15, 0.2) is 0 Å². The van der Waals surface area contributed by atoms with Crippen molar-refractivity contribution in [2.75, 3.05) is 0 Å². The summed E-state index contributed by atoms with van der Waals surface area (Å²) in [6.45, 7) is 4.00. The van der Waals surface area contributed by atoms with Crippen LogP contribution in [-0.4, -0.2) is 0 Å². The number of hydrogen-bond acceptors (Lipinski definition) is 1. The SMILES string of the molecule is C1=CC2=C(C=CC1)Sc1ccccc1CC2.CC.[HH]. The van der Waals surface area contributed by atoms with Gasteiger partial charge >= 0.3 is 0 Å². The highest BCUT2D eigenvalue weighted by Crippen LogP contribution is 2.38. The molecule has 0 nitrogen and oxygen atoms in total. The molecular formula is C17H22S. The number of rotatable bonds is 0. The van der Waals surface area contributed by atoms with Crippen molar-refractivity contribution in [1.29, 1.82) is 0 Å². The monoisotopic (exact) mass is 258 g/mol. The first-order valence-corrected chi connectivity index (χ1v) is 7.57. The number of hydrogen-bond donors (Lipinski definition) is 0. The van der Waals surface area contributed by atoms with Gasteiger partial charge in [0.2, 0.25) is 0 Å². The predicted octanol–water partition coefficient (Wildman–Crippen LogP) is 5.77. The largest absolute Gasteiger partial charge is 0.0895 e. The van der Waals surface area contributed by atoms with Crippen LogP contribution >= 0.6 is 11.8 Å². The molecule has 0 fully saturated rings. The molecule has 96 valence electrons. The summed E-state index contributed by atoms with van der Waals surface area (Å²) in [5.41, 5.74) is 2.98. The Bertz CT molecular complexity index is 498. The minimum absolute atomic E-state index is 0. The van der Waals surface area contributed by atoms with E-state index in [0.29, 0.717) is 0 Å². The van der Waals surface area contributed by atoms with Crippen LogP contribution in [0.3, 0.4) is 0 Å².